The van der Waals surface area contributed by atoms with E-state index in [1.807, 2.05) is 5.38 Å². The number of nitrogens with one attached hydrogen (secondary N) is 1. The lowest BCUT2D eigenvalue weighted by Gasteiger charge is -2.37. The van der Waals surface area contributed by atoms with Crippen molar-refractivity contribution in [2.75, 3.05) is 36.4 Å². The Morgan fingerprint density at radius 3 is 2.80 bits per heavy atom. The van der Waals surface area contributed by atoms with Crippen LogP contribution < -0.4 is 10.2 Å². The zero-order chi connectivity index (χ0) is 17.4. The molecule has 0 spiro atoms. The summed E-state index contributed by atoms with van der Waals surface area (Å²) in [5, 5.41) is 5.59. The van der Waals surface area contributed by atoms with Gasteiger partial charge in [0.25, 0.3) is 0 Å². The van der Waals surface area contributed by atoms with Crippen LogP contribution in [0.25, 0.3) is 0 Å². The number of benzene rings is 1. The maximum Gasteiger partial charge on any atom is 0.230 e. The summed E-state index contributed by atoms with van der Waals surface area (Å²) in [4.78, 5) is 33.1. The maximum atomic E-state index is 13.6. The van der Waals surface area contributed by atoms with Crippen LogP contribution in [0.1, 0.15) is 17.9 Å². The van der Waals surface area contributed by atoms with E-state index < -0.39 is 11.7 Å². The van der Waals surface area contributed by atoms with Crippen LogP contribution in [0.3, 0.4) is 0 Å². The number of halogens is 1. The lowest BCUT2D eigenvalue weighted by Crippen LogP contribution is -2.50. The molecule has 130 valence electrons. The second-order valence-corrected chi connectivity index (χ2v) is 7.04. The zero-order valence-corrected chi connectivity index (χ0v) is 14.3. The fourth-order valence-electron chi connectivity index (χ4n) is 3.36. The molecule has 1 saturated heterocycles. The third-order valence-corrected chi connectivity index (χ3v) is 5.46. The molecule has 1 N–H and O–H groups in total. The average molecular weight is 360 g/mol. The molecule has 4 rings (SSSR count). The minimum absolute atomic E-state index is 0.0575. The highest BCUT2D eigenvalue weighted by Crippen LogP contribution is 2.34. The molecule has 2 aliphatic rings. The van der Waals surface area contributed by atoms with Gasteiger partial charge in [-0.3, -0.25) is 9.59 Å². The first-order chi connectivity index (χ1) is 12.1. The Morgan fingerprint density at radius 2 is 2.08 bits per heavy atom. The highest BCUT2D eigenvalue weighted by atomic mass is 32.1. The fraction of sp³-hybridized carbons (Fsp3) is 0.353. The molecule has 2 aromatic rings. The van der Waals surface area contributed by atoms with Crippen molar-refractivity contribution >= 4 is 34.0 Å². The van der Waals surface area contributed by atoms with Crippen molar-refractivity contribution in [1.82, 2.24) is 9.88 Å². The summed E-state index contributed by atoms with van der Waals surface area (Å²) >= 11 is 1.58. The van der Waals surface area contributed by atoms with Crippen LogP contribution in [0.2, 0.25) is 0 Å². The van der Waals surface area contributed by atoms with Gasteiger partial charge >= 0.3 is 0 Å². The summed E-state index contributed by atoms with van der Waals surface area (Å²) < 4.78 is 13.6. The highest BCUT2D eigenvalue weighted by Gasteiger charge is 2.35. The van der Waals surface area contributed by atoms with Crippen molar-refractivity contribution in [3.05, 3.63) is 41.2 Å². The average Bonchev–Trinajstić information content (AvgIpc) is 3.16. The number of carbonyl (C=O) groups excluding carboxylic acids is 2. The number of carbonyl (C=O) groups is 2. The molecular formula is C17H17FN4O2S. The molecule has 2 amide bonds. The van der Waals surface area contributed by atoms with E-state index in [4.69, 9.17) is 0 Å². The number of thiazole rings is 1. The number of anilines is 2. The molecule has 1 aromatic carbocycles. The van der Waals surface area contributed by atoms with Crippen molar-refractivity contribution in [2.24, 2.45) is 0 Å². The molecule has 6 nitrogen and oxygen atoms in total. The summed E-state index contributed by atoms with van der Waals surface area (Å²) in [6.07, 6.45) is 1.83. The number of rotatable bonds is 2. The normalized spacial score (nSPS) is 20.2. The first kappa shape index (κ1) is 16.0. The van der Waals surface area contributed by atoms with E-state index in [1.54, 1.807) is 22.4 Å². The monoisotopic (exact) mass is 360 g/mol. The molecule has 0 aliphatic carbocycles. The van der Waals surface area contributed by atoms with Gasteiger partial charge in [-0.15, -0.1) is 11.3 Å². The molecule has 2 aliphatic heterocycles. The second-order valence-electron chi connectivity index (χ2n) is 6.16. The van der Waals surface area contributed by atoms with Gasteiger partial charge in [0.05, 0.1) is 5.92 Å². The SMILES string of the molecule is O=C1CC(C(=O)N2CCN(c3nccs3)CC2)c2cc(F)ccc2N1. The molecule has 1 atom stereocenters. The largest absolute Gasteiger partial charge is 0.345 e. The summed E-state index contributed by atoms with van der Waals surface area (Å²) in [5.41, 5.74) is 1.09. The zero-order valence-electron chi connectivity index (χ0n) is 13.4. The molecule has 1 unspecified atom stereocenters. The van der Waals surface area contributed by atoms with E-state index in [0.29, 0.717) is 37.4 Å². The number of piperazine rings is 1. The number of hydrogen-bond donors (Lipinski definition) is 1. The van der Waals surface area contributed by atoms with Crippen molar-refractivity contribution in [1.29, 1.82) is 0 Å². The predicted octanol–water partition coefficient (Wildman–Crippen LogP) is 2.06. The van der Waals surface area contributed by atoms with E-state index in [0.717, 1.165) is 5.13 Å². The maximum absolute atomic E-state index is 13.6. The van der Waals surface area contributed by atoms with Crippen LogP contribution in [0.4, 0.5) is 15.2 Å². The van der Waals surface area contributed by atoms with E-state index in [1.165, 1.54) is 18.2 Å². The van der Waals surface area contributed by atoms with Crippen LogP contribution in [0.5, 0.6) is 0 Å². The van der Waals surface area contributed by atoms with E-state index >= 15 is 0 Å². The molecule has 25 heavy (non-hydrogen) atoms. The fourth-order valence-corrected chi connectivity index (χ4v) is 4.06. The Hall–Kier alpha value is -2.48. The smallest absolute Gasteiger partial charge is 0.230 e. The van der Waals surface area contributed by atoms with Crippen molar-refractivity contribution < 1.29 is 14.0 Å². The van der Waals surface area contributed by atoms with Gasteiger partial charge in [0.1, 0.15) is 5.82 Å². The van der Waals surface area contributed by atoms with Gasteiger partial charge < -0.3 is 15.1 Å². The molecule has 1 aromatic heterocycles. The van der Waals surface area contributed by atoms with Crippen LogP contribution in [-0.4, -0.2) is 47.9 Å². The Balaban J connectivity index is 1.50. The van der Waals surface area contributed by atoms with Gasteiger partial charge in [0.2, 0.25) is 11.8 Å². The van der Waals surface area contributed by atoms with Crippen LogP contribution in [-0.2, 0) is 9.59 Å². The number of hydrogen-bond acceptors (Lipinski definition) is 5. The summed E-state index contributed by atoms with van der Waals surface area (Å²) in [6, 6.07) is 4.16. The van der Waals surface area contributed by atoms with E-state index in [2.05, 4.69) is 15.2 Å². The van der Waals surface area contributed by atoms with Crippen molar-refractivity contribution in [3.63, 3.8) is 0 Å². The topological polar surface area (TPSA) is 65.5 Å². The minimum Gasteiger partial charge on any atom is -0.345 e. The van der Waals surface area contributed by atoms with Gasteiger partial charge in [0.15, 0.2) is 5.13 Å². The molecular weight excluding hydrogens is 343 g/mol. The highest BCUT2D eigenvalue weighted by molar-refractivity contribution is 7.13. The third kappa shape index (κ3) is 3.09. The Labute approximate surface area is 148 Å². The summed E-state index contributed by atoms with van der Waals surface area (Å²) in [7, 11) is 0. The Bertz CT molecular complexity index is 803. The molecule has 1 fully saturated rings. The molecule has 0 radical (unpaired) electrons. The standard InChI is InChI=1S/C17H17FN4O2S/c18-11-1-2-14-12(9-11)13(10-15(23)20-14)16(24)21-4-6-22(7-5-21)17-19-3-8-25-17/h1-3,8-9,13H,4-7,10H2,(H,20,23). The van der Waals surface area contributed by atoms with Crippen molar-refractivity contribution in [3.8, 4) is 0 Å². The van der Waals surface area contributed by atoms with Gasteiger partial charge in [-0.2, -0.15) is 0 Å². The first-order valence-corrected chi connectivity index (χ1v) is 9.02. The molecule has 0 saturated carbocycles. The Kier molecular flexibility index (Phi) is 4.12. The first-order valence-electron chi connectivity index (χ1n) is 8.14. The molecule has 8 heteroatoms. The number of fused-ring (bicyclic) bond motifs is 1. The Morgan fingerprint density at radius 1 is 1.28 bits per heavy atom. The van der Waals surface area contributed by atoms with Gasteiger partial charge in [-0.1, -0.05) is 0 Å². The number of nitrogens with zero attached hydrogens (tertiary/aromatic N) is 3. The van der Waals surface area contributed by atoms with Gasteiger partial charge in [-0.25, -0.2) is 9.37 Å². The van der Waals surface area contributed by atoms with Crippen molar-refractivity contribution in [2.45, 2.75) is 12.3 Å². The lowest BCUT2D eigenvalue weighted by molar-refractivity contribution is -0.135. The van der Waals surface area contributed by atoms with E-state index in [9.17, 15) is 14.0 Å². The number of aromatic nitrogens is 1. The quantitative estimate of drug-likeness (QED) is 0.890. The van der Waals surface area contributed by atoms with Crippen LogP contribution >= 0.6 is 11.3 Å². The lowest BCUT2D eigenvalue weighted by atomic mass is 9.89. The predicted molar refractivity (Wildman–Crippen MR) is 93.3 cm³/mol. The van der Waals surface area contributed by atoms with Crippen LogP contribution in [0.15, 0.2) is 29.8 Å². The minimum atomic E-state index is -0.620. The van der Waals surface area contributed by atoms with Gasteiger partial charge in [-0.05, 0) is 23.8 Å². The third-order valence-electron chi connectivity index (χ3n) is 4.63. The van der Waals surface area contributed by atoms with Crippen LogP contribution in [0, 0.1) is 5.82 Å². The number of amides is 2. The summed E-state index contributed by atoms with van der Waals surface area (Å²) in [6.45, 7) is 2.55. The van der Waals surface area contributed by atoms with E-state index in [-0.39, 0.29) is 18.2 Å². The molecule has 3 heterocycles. The van der Waals surface area contributed by atoms with Gasteiger partial charge in [0, 0.05) is 49.9 Å². The molecule has 0 bridgehead atoms. The summed E-state index contributed by atoms with van der Waals surface area (Å²) in [5.74, 6) is -1.34. The second kappa shape index (κ2) is 6.44.